The standard InChI is InChI=1S/C27H27F3O3/c1-17-14-23(15-18(2)24(17)19-6-12-22(13-7-19)27(28,29)30)33-16-26(3,4)21-10-8-20(9-11-21)25(31)32-5/h6-15H,16H2,1-5H3. The number of esters is 1. The summed E-state index contributed by atoms with van der Waals surface area (Å²) in [6.07, 6.45) is -4.35. The second-order valence-corrected chi connectivity index (χ2v) is 8.75. The van der Waals surface area contributed by atoms with E-state index in [0.717, 1.165) is 39.9 Å². The molecule has 3 aromatic carbocycles. The summed E-state index contributed by atoms with van der Waals surface area (Å²) in [5.41, 5.74) is 4.00. The van der Waals surface area contributed by atoms with E-state index in [1.165, 1.54) is 19.2 Å². The number of carbonyl (C=O) groups is 1. The van der Waals surface area contributed by atoms with Crippen molar-refractivity contribution < 1.29 is 27.4 Å². The largest absolute Gasteiger partial charge is 0.493 e. The molecule has 174 valence electrons. The van der Waals surface area contributed by atoms with Crippen LogP contribution < -0.4 is 4.74 Å². The third kappa shape index (κ3) is 5.56. The van der Waals surface area contributed by atoms with Gasteiger partial charge in [0.15, 0.2) is 0 Å². The molecule has 33 heavy (non-hydrogen) atoms. The molecule has 3 rings (SSSR count). The molecule has 0 amide bonds. The highest BCUT2D eigenvalue weighted by atomic mass is 19.4. The number of methoxy groups -OCH3 is 1. The van der Waals surface area contributed by atoms with Crippen LogP contribution in [0.3, 0.4) is 0 Å². The number of halogens is 3. The number of carbonyl (C=O) groups excluding carboxylic acids is 1. The molecule has 0 aromatic heterocycles. The third-order valence-corrected chi connectivity index (χ3v) is 5.69. The number of alkyl halides is 3. The quantitative estimate of drug-likeness (QED) is 0.370. The summed E-state index contributed by atoms with van der Waals surface area (Å²) >= 11 is 0. The first kappa shape index (κ1) is 24.4. The second-order valence-electron chi connectivity index (χ2n) is 8.75. The second kappa shape index (κ2) is 9.30. The van der Waals surface area contributed by atoms with Gasteiger partial charge in [0.05, 0.1) is 24.8 Å². The minimum Gasteiger partial charge on any atom is -0.493 e. The Bertz CT molecular complexity index is 1110. The molecule has 0 N–H and O–H groups in total. The van der Waals surface area contributed by atoms with Crippen molar-refractivity contribution in [3.63, 3.8) is 0 Å². The number of hydrogen-bond donors (Lipinski definition) is 0. The van der Waals surface area contributed by atoms with Gasteiger partial charge < -0.3 is 9.47 Å². The van der Waals surface area contributed by atoms with Crippen molar-refractivity contribution in [3.05, 3.63) is 88.5 Å². The van der Waals surface area contributed by atoms with E-state index in [-0.39, 0.29) is 11.4 Å². The molecule has 0 bridgehead atoms. The van der Waals surface area contributed by atoms with Crippen LogP contribution in [0, 0.1) is 13.8 Å². The molecule has 0 spiro atoms. The van der Waals surface area contributed by atoms with Gasteiger partial charge in [0.25, 0.3) is 0 Å². The molecule has 3 nitrogen and oxygen atoms in total. The summed E-state index contributed by atoms with van der Waals surface area (Å²) in [6.45, 7) is 8.35. The zero-order valence-corrected chi connectivity index (χ0v) is 19.3. The minimum atomic E-state index is -4.35. The lowest BCUT2D eigenvalue weighted by Gasteiger charge is -2.26. The third-order valence-electron chi connectivity index (χ3n) is 5.69. The fourth-order valence-corrected chi connectivity index (χ4v) is 3.81. The van der Waals surface area contributed by atoms with E-state index >= 15 is 0 Å². The average Bonchev–Trinajstić information content (AvgIpc) is 2.76. The molecule has 0 radical (unpaired) electrons. The lowest BCUT2D eigenvalue weighted by atomic mass is 9.85. The summed E-state index contributed by atoms with van der Waals surface area (Å²) in [5, 5.41) is 0. The Morgan fingerprint density at radius 2 is 1.36 bits per heavy atom. The molecule has 0 aliphatic heterocycles. The van der Waals surface area contributed by atoms with Crippen LogP contribution in [0.25, 0.3) is 11.1 Å². The van der Waals surface area contributed by atoms with Crippen LogP contribution in [0.5, 0.6) is 5.75 Å². The Hall–Kier alpha value is -3.28. The molecule has 0 saturated carbocycles. The lowest BCUT2D eigenvalue weighted by molar-refractivity contribution is -0.137. The van der Waals surface area contributed by atoms with Crippen molar-refractivity contribution in [2.75, 3.05) is 13.7 Å². The Kier molecular flexibility index (Phi) is 6.86. The highest BCUT2D eigenvalue weighted by Crippen LogP contribution is 2.35. The van der Waals surface area contributed by atoms with Crippen LogP contribution in [-0.4, -0.2) is 19.7 Å². The Morgan fingerprint density at radius 1 is 0.848 bits per heavy atom. The smallest absolute Gasteiger partial charge is 0.416 e. The summed E-state index contributed by atoms with van der Waals surface area (Å²) in [7, 11) is 1.35. The van der Waals surface area contributed by atoms with Crippen molar-refractivity contribution in [3.8, 4) is 16.9 Å². The molecular formula is C27H27F3O3. The predicted molar refractivity (Wildman–Crippen MR) is 123 cm³/mol. The van der Waals surface area contributed by atoms with Gasteiger partial charge in [-0.3, -0.25) is 0 Å². The zero-order chi connectivity index (χ0) is 24.4. The monoisotopic (exact) mass is 456 g/mol. The van der Waals surface area contributed by atoms with Crippen molar-refractivity contribution in [1.82, 2.24) is 0 Å². The molecule has 0 fully saturated rings. The maximum absolute atomic E-state index is 12.9. The van der Waals surface area contributed by atoms with Crippen LogP contribution in [0.15, 0.2) is 60.7 Å². The van der Waals surface area contributed by atoms with E-state index in [1.807, 2.05) is 38.1 Å². The minimum absolute atomic E-state index is 0.317. The van der Waals surface area contributed by atoms with Gasteiger partial charge in [0, 0.05) is 5.41 Å². The Labute approximate surface area is 192 Å². The van der Waals surface area contributed by atoms with Gasteiger partial charge in [-0.1, -0.05) is 38.1 Å². The van der Waals surface area contributed by atoms with E-state index in [9.17, 15) is 18.0 Å². The van der Waals surface area contributed by atoms with Crippen molar-refractivity contribution in [1.29, 1.82) is 0 Å². The molecular weight excluding hydrogens is 429 g/mol. The molecule has 0 heterocycles. The molecule has 0 unspecified atom stereocenters. The van der Waals surface area contributed by atoms with Crippen LogP contribution in [0.1, 0.15) is 46.5 Å². The fourth-order valence-electron chi connectivity index (χ4n) is 3.81. The van der Waals surface area contributed by atoms with E-state index in [4.69, 9.17) is 9.47 Å². The van der Waals surface area contributed by atoms with E-state index in [0.29, 0.717) is 17.9 Å². The van der Waals surface area contributed by atoms with Gasteiger partial charge in [0.2, 0.25) is 0 Å². The van der Waals surface area contributed by atoms with Crippen molar-refractivity contribution >= 4 is 5.97 Å². The van der Waals surface area contributed by atoms with Crippen LogP contribution in [0.2, 0.25) is 0 Å². The summed E-state index contributed by atoms with van der Waals surface area (Å²) < 4.78 is 49.5. The fraction of sp³-hybridized carbons (Fsp3) is 0.296. The first-order chi connectivity index (χ1) is 15.4. The van der Waals surface area contributed by atoms with E-state index < -0.39 is 11.7 Å². The maximum Gasteiger partial charge on any atom is 0.416 e. The first-order valence-electron chi connectivity index (χ1n) is 10.5. The van der Waals surface area contributed by atoms with Crippen LogP contribution in [-0.2, 0) is 16.3 Å². The SMILES string of the molecule is COC(=O)c1ccc(C(C)(C)COc2cc(C)c(-c3ccc(C(F)(F)F)cc3)c(C)c2)cc1. The number of rotatable bonds is 6. The molecule has 0 aliphatic rings. The number of aryl methyl sites for hydroxylation is 2. The van der Waals surface area contributed by atoms with Gasteiger partial charge in [-0.15, -0.1) is 0 Å². The van der Waals surface area contributed by atoms with Gasteiger partial charge in [-0.2, -0.15) is 13.2 Å². The van der Waals surface area contributed by atoms with Gasteiger partial charge in [-0.05, 0) is 78.1 Å². The van der Waals surface area contributed by atoms with Crippen LogP contribution in [0.4, 0.5) is 13.2 Å². The molecule has 3 aromatic rings. The van der Waals surface area contributed by atoms with Gasteiger partial charge in [-0.25, -0.2) is 4.79 Å². The highest BCUT2D eigenvalue weighted by Gasteiger charge is 2.30. The molecule has 0 atom stereocenters. The van der Waals surface area contributed by atoms with Crippen molar-refractivity contribution in [2.24, 2.45) is 0 Å². The topological polar surface area (TPSA) is 35.5 Å². The first-order valence-corrected chi connectivity index (χ1v) is 10.5. The van der Waals surface area contributed by atoms with Gasteiger partial charge in [0.1, 0.15) is 5.75 Å². The zero-order valence-electron chi connectivity index (χ0n) is 19.3. The number of ether oxygens (including phenoxy) is 2. The molecule has 0 saturated heterocycles. The van der Waals surface area contributed by atoms with Crippen LogP contribution >= 0.6 is 0 Å². The molecule has 6 heteroatoms. The summed E-state index contributed by atoms with van der Waals surface area (Å²) in [5.74, 6) is 0.314. The summed E-state index contributed by atoms with van der Waals surface area (Å²) in [6, 6.07) is 16.2. The maximum atomic E-state index is 12.9. The number of hydrogen-bond acceptors (Lipinski definition) is 3. The predicted octanol–water partition coefficient (Wildman–Crippen LogP) is 7.13. The summed E-state index contributed by atoms with van der Waals surface area (Å²) in [4.78, 5) is 11.6. The molecule has 0 aliphatic carbocycles. The van der Waals surface area contributed by atoms with E-state index in [2.05, 4.69) is 13.8 Å². The van der Waals surface area contributed by atoms with E-state index in [1.54, 1.807) is 12.1 Å². The number of benzene rings is 3. The van der Waals surface area contributed by atoms with Crippen molar-refractivity contribution in [2.45, 2.75) is 39.3 Å². The Morgan fingerprint density at radius 3 is 1.85 bits per heavy atom. The van der Waals surface area contributed by atoms with Gasteiger partial charge >= 0.3 is 12.1 Å². The Balaban J connectivity index is 1.76. The normalized spacial score (nSPS) is 11.9. The average molecular weight is 457 g/mol. The highest BCUT2D eigenvalue weighted by molar-refractivity contribution is 5.89. The lowest BCUT2D eigenvalue weighted by Crippen LogP contribution is -2.26.